The van der Waals surface area contributed by atoms with Gasteiger partial charge in [-0.15, -0.1) is 0 Å². The number of benzene rings is 5. The highest BCUT2D eigenvalue weighted by Crippen LogP contribution is 2.50. The molecule has 0 saturated carbocycles. The first-order chi connectivity index (χ1) is 25.8. The number of amides is 4. The summed E-state index contributed by atoms with van der Waals surface area (Å²) in [5, 5.41) is 3.29. The molecule has 2 atom stereocenters. The summed E-state index contributed by atoms with van der Waals surface area (Å²) < 4.78 is 11.6. The van der Waals surface area contributed by atoms with E-state index in [1.807, 2.05) is 54.6 Å². The van der Waals surface area contributed by atoms with Gasteiger partial charge in [-0.3, -0.25) is 14.9 Å². The molecule has 8 nitrogen and oxygen atoms in total. The number of urea groups is 1. The third-order valence-corrected chi connectivity index (χ3v) is 11.0. The third kappa shape index (κ3) is 6.65. The monoisotopic (exact) mass is 743 g/mol. The maximum Gasteiger partial charge on any atom is 0.335 e. The van der Waals surface area contributed by atoms with Crippen LogP contribution in [0.25, 0.3) is 6.08 Å². The van der Waals surface area contributed by atoms with Crippen LogP contribution in [0.2, 0.25) is 10.0 Å². The van der Waals surface area contributed by atoms with Gasteiger partial charge in [0.25, 0.3) is 11.8 Å². The third-order valence-electron chi connectivity index (χ3n) is 10.2. The van der Waals surface area contributed by atoms with Crippen LogP contribution in [0.15, 0.2) is 115 Å². The number of barbiturate groups is 1. The van der Waals surface area contributed by atoms with Gasteiger partial charge >= 0.3 is 6.03 Å². The van der Waals surface area contributed by atoms with Gasteiger partial charge in [-0.2, -0.15) is 0 Å². The van der Waals surface area contributed by atoms with Crippen LogP contribution in [0.4, 0.5) is 16.2 Å². The first-order valence-electron chi connectivity index (χ1n) is 17.5. The van der Waals surface area contributed by atoms with Crippen LogP contribution in [0.1, 0.15) is 58.1 Å². The molecule has 3 aliphatic rings. The predicted molar refractivity (Wildman–Crippen MR) is 207 cm³/mol. The molecular weight excluding hydrogens is 709 g/mol. The summed E-state index contributed by atoms with van der Waals surface area (Å²) in [7, 11) is 1.51. The molecule has 0 spiro atoms. The summed E-state index contributed by atoms with van der Waals surface area (Å²) in [6.07, 6.45) is 3.26. The van der Waals surface area contributed by atoms with Gasteiger partial charge in [-0.1, -0.05) is 96.0 Å². The van der Waals surface area contributed by atoms with E-state index in [4.69, 9.17) is 32.7 Å². The molecule has 3 heterocycles. The largest absolute Gasteiger partial charge is 0.493 e. The number of carbonyl (C=O) groups is 3. The summed E-state index contributed by atoms with van der Waals surface area (Å²) in [5.74, 6) is -0.491. The Bertz CT molecular complexity index is 2200. The molecule has 5 aromatic carbocycles. The van der Waals surface area contributed by atoms with Crippen molar-refractivity contribution in [1.29, 1.82) is 0 Å². The number of imide groups is 2. The van der Waals surface area contributed by atoms with Gasteiger partial charge in [0.05, 0.1) is 22.8 Å². The van der Waals surface area contributed by atoms with Crippen molar-refractivity contribution in [2.24, 2.45) is 0 Å². The smallest absolute Gasteiger partial charge is 0.335 e. The molecule has 0 aliphatic carbocycles. The summed E-state index contributed by atoms with van der Waals surface area (Å²) in [5.41, 5.74) is 7.24. The molecule has 0 bridgehead atoms. The fraction of sp³-hybridized carbons (Fsp3) is 0.186. The average molecular weight is 745 g/mol. The number of hydrogen-bond donors (Lipinski definition) is 1. The van der Waals surface area contributed by atoms with Gasteiger partial charge in [-0.05, 0) is 88.7 Å². The average Bonchev–Trinajstić information content (AvgIpc) is 3.18. The zero-order chi connectivity index (χ0) is 36.6. The first kappa shape index (κ1) is 34.5. The second kappa shape index (κ2) is 14.5. The number of carbonyl (C=O) groups excluding carboxylic acids is 3. The molecule has 0 unspecified atom stereocenters. The van der Waals surface area contributed by atoms with E-state index >= 15 is 0 Å². The standard InChI is InChI=1S/C43H35Cl2N3O5/c1-52-39-22-26(13-15-38(39)53-25-27-12-14-36(44)37(45)21-27)20-35-41(49)46-43(51)48(42(35)50)30-23-33-31(28-8-4-2-5-9-28)16-18-47-19-17-32(34(24-30)40(33)47)29-10-6-3-7-11-29/h2-15,20-24,31-32H,16-19,25H2,1H3,(H,46,49,51)/b35-20+/t31-,32-/m0/s1. The Hall–Kier alpha value is -5.57. The zero-order valence-corrected chi connectivity index (χ0v) is 30.4. The minimum Gasteiger partial charge on any atom is -0.493 e. The Morgan fingerprint density at radius 1 is 0.755 bits per heavy atom. The Morgan fingerprint density at radius 3 is 2.00 bits per heavy atom. The molecule has 5 aromatic rings. The molecule has 0 radical (unpaired) electrons. The van der Waals surface area contributed by atoms with Crippen molar-refractivity contribution in [3.63, 3.8) is 0 Å². The molecule has 0 aromatic heterocycles. The lowest BCUT2D eigenvalue weighted by Gasteiger charge is -2.44. The molecule has 1 N–H and O–H groups in total. The number of anilines is 2. The maximum atomic E-state index is 14.3. The summed E-state index contributed by atoms with van der Waals surface area (Å²) >= 11 is 12.2. The highest BCUT2D eigenvalue weighted by atomic mass is 35.5. The molecule has 266 valence electrons. The first-order valence-corrected chi connectivity index (χ1v) is 18.2. The number of nitrogens with one attached hydrogen (secondary N) is 1. The summed E-state index contributed by atoms with van der Waals surface area (Å²) in [6.45, 7) is 2.03. The molecule has 1 fully saturated rings. The lowest BCUT2D eigenvalue weighted by Crippen LogP contribution is -2.54. The van der Waals surface area contributed by atoms with Gasteiger partial charge < -0.3 is 14.4 Å². The molecule has 10 heteroatoms. The van der Waals surface area contributed by atoms with Crippen molar-refractivity contribution < 1.29 is 23.9 Å². The number of hydrogen-bond acceptors (Lipinski definition) is 6. The van der Waals surface area contributed by atoms with E-state index in [2.05, 4.69) is 34.5 Å². The van der Waals surface area contributed by atoms with E-state index in [1.54, 1.807) is 30.3 Å². The summed E-state index contributed by atoms with van der Waals surface area (Å²) in [4.78, 5) is 44.7. The van der Waals surface area contributed by atoms with Gasteiger partial charge in [0.15, 0.2) is 11.5 Å². The number of nitrogens with zero attached hydrogens (tertiary/aromatic N) is 2. The molecule has 4 amide bonds. The molecule has 53 heavy (non-hydrogen) atoms. The van der Waals surface area contributed by atoms with E-state index in [1.165, 1.54) is 30.0 Å². The van der Waals surface area contributed by atoms with Crippen molar-refractivity contribution >= 4 is 58.5 Å². The highest BCUT2D eigenvalue weighted by molar-refractivity contribution is 6.42. The van der Waals surface area contributed by atoms with Gasteiger partial charge in [-0.25, -0.2) is 9.69 Å². The van der Waals surface area contributed by atoms with Crippen LogP contribution in [0.5, 0.6) is 11.5 Å². The number of halogens is 2. The zero-order valence-electron chi connectivity index (χ0n) is 28.9. The van der Waals surface area contributed by atoms with Gasteiger partial charge in [0, 0.05) is 30.6 Å². The molecule has 3 aliphatic heterocycles. The minimum atomic E-state index is -0.788. The van der Waals surface area contributed by atoms with Crippen LogP contribution in [-0.2, 0) is 16.2 Å². The predicted octanol–water partition coefficient (Wildman–Crippen LogP) is 9.12. The van der Waals surface area contributed by atoms with Crippen LogP contribution in [0.3, 0.4) is 0 Å². The highest BCUT2D eigenvalue weighted by Gasteiger charge is 2.40. The van der Waals surface area contributed by atoms with Crippen LogP contribution >= 0.6 is 23.2 Å². The van der Waals surface area contributed by atoms with E-state index < -0.39 is 17.8 Å². The van der Waals surface area contributed by atoms with Crippen molar-refractivity contribution in [3.05, 3.63) is 158 Å². The Labute approximate surface area is 317 Å². The van der Waals surface area contributed by atoms with Crippen LogP contribution < -0.4 is 24.6 Å². The van der Waals surface area contributed by atoms with Crippen molar-refractivity contribution in [2.45, 2.75) is 31.3 Å². The second-order valence-electron chi connectivity index (χ2n) is 13.4. The quantitative estimate of drug-likeness (QED) is 0.126. The van der Waals surface area contributed by atoms with E-state index in [-0.39, 0.29) is 24.0 Å². The molecular formula is C43H35Cl2N3O5. The van der Waals surface area contributed by atoms with Crippen LogP contribution in [-0.4, -0.2) is 38.0 Å². The van der Waals surface area contributed by atoms with E-state index in [0.717, 1.165) is 47.5 Å². The van der Waals surface area contributed by atoms with Crippen LogP contribution in [0, 0.1) is 0 Å². The number of ether oxygens (including phenoxy) is 2. The number of rotatable bonds is 8. The van der Waals surface area contributed by atoms with Crippen molar-refractivity contribution in [2.75, 3.05) is 30.0 Å². The number of methoxy groups -OCH3 is 1. The van der Waals surface area contributed by atoms with E-state index in [9.17, 15) is 14.4 Å². The topological polar surface area (TPSA) is 88.2 Å². The lowest BCUT2D eigenvalue weighted by atomic mass is 9.76. The normalized spacial score (nSPS) is 18.8. The van der Waals surface area contributed by atoms with Gasteiger partial charge in [0.2, 0.25) is 0 Å². The van der Waals surface area contributed by atoms with Gasteiger partial charge in [0.1, 0.15) is 12.2 Å². The van der Waals surface area contributed by atoms with Crippen molar-refractivity contribution in [1.82, 2.24) is 5.32 Å². The molecule has 1 saturated heterocycles. The second-order valence-corrected chi connectivity index (χ2v) is 14.2. The lowest BCUT2D eigenvalue weighted by molar-refractivity contribution is -0.122. The Kier molecular flexibility index (Phi) is 9.41. The SMILES string of the molecule is COc1cc(/C=C2\C(=O)NC(=O)N(c3cc4c5c(c3)[C@H](c3ccccc3)CCN5CC[C@H]4c3ccccc3)C2=O)ccc1OCc1ccc(Cl)c(Cl)c1. The fourth-order valence-corrected chi connectivity index (χ4v) is 8.03. The Morgan fingerprint density at radius 2 is 1.40 bits per heavy atom. The fourth-order valence-electron chi connectivity index (χ4n) is 7.71. The van der Waals surface area contributed by atoms with Crippen molar-refractivity contribution in [3.8, 4) is 11.5 Å². The molecule has 8 rings (SSSR count). The Balaban J connectivity index is 1.16. The minimum absolute atomic E-state index is 0.0696. The van der Waals surface area contributed by atoms with E-state index in [0.29, 0.717) is 32.8 Å². The summed E-state index contributed by atoms with van der Waals surface area (Å²) in [6, 6.07) is 34.2. The maximum absolute atomic E-state index is 14.3.